The lowest BCUT2D eigenvalue weighted by Gasteiger charge is -2.23. The van der Waals surface area contributed by atoms with Crippen LogP contribution in [0, 0.1) is 5.82 Å². The van der Waals surface area contributed by atoms with E-state index < -0.39 is 0 Å². The summed E-state index contributed by atoms with van der Waals surface area (Å²) in [7, 11) is 0. The van der Waals surface area contributed by atoms with E-state index in [-0.39, 0.29) is 11.9 Å². The molecule has 1 heterocycles. The van der Waals surface area contributed by atoms with Gasteiger partial charge in [-0.3, -0.25) is 0 Å². The molecular weight excluding hydrogens is 253 g/mol. The van der Waals surface area contributed by atoms with E-state index in [1.54, 1.807) is 12.1 Å². The number of rotatable bonds is 3. The molecule has 2 nitrogen and oxygen atoms in total. The highest BCUT2D eigenvalue weighted by Crippen LogP contribution is 2.33. The minimum atomic E-state index is -0.250. The molecule has 3 heteroatoms. The van der Waals surface area contributed by atoms with Gasteiger partial charge in [-0.1, -0.05) is 36.4 Å². The average Bonchev–Trinajstić information content (AvgIpc) is 2.49. The highest BCUT2D eigenvalue weighted by molar-refractivity contribution is 5.45. The van der Waals surface area contributed by atoms with Crippen LogP contribution >= 0.6 is 0 Å². The smallest absolute Gasteiger partial charge is 0.127 e. The highest BCUT2D eigenvalue weighted by Gasteiger charge is 2.19. The van der Waals surface area contributed by atoms with Crippen LogP contribution in [-0.2, 0) is 12.8 Å². The number of hydrogen-bond acceptors (Lipinski definition) is 2. The molecule has 1 aliphatic heterocycles. The van der Waals surface area contributed by atoms with Gasteiger partial charge in [-0.25, -0.2) is 4.39 Å². The van der Waals surface area contributed by atoms with E-state index in [4.69, 9.17) is 10.5 Å². The average molecular weight is 271 g/mol. The third kappa shape index (κ3) is 2.54. The molecule has 0 amide bonds. The molecule has 0 fully saturated rings. The Morgan fingerprint density at radius 3 is 2.85 bits per heavy atom. The van der Waals surface area contributed by atoms with E-state index in [9.17, 15) is 4.39 Å². The molecule has 20 heavy (non-hydrogen) atoms. The minimum absolute atomic E-state index is 0.200. The molecule has 2 aromatic carbocycles. The molecule has 1 unspecified atom stereocenters. The summed E-state index contributed by atoms with van der Waals surface area (Å²) in [5, 5.41) is 0. The van der Waals surface area contributed by atoms with Crippen molar-refractivity contribution in [2.45, 2.75) is 25.3 Å². The molecule has 0 radical (unpaired) electrons. The second kappa shape index (κ2) is 5.63. The molecule has 1 aliphatic rings. The van der Waals surface area contributed by atoms with Crippen LogP contribution in [-0.4, -0.2) is 6.61 Å². The first kappa shape index (κ1) is 13.1. The van der Waals surface area contributed by atoms with Gasteiger partial charge in [0.2, 0.25) is 0 Å². The number of benzene rings is 2. The molecule has 2 N–H and O–H groups in total. The highest BCUT2D eigenvalue weighted by atomic mass is 19.1. The van der Waals surface area contributed by atoms with E-state index in [0.717, 1.165) is 30.8 Å². The summed E-state index contributed by atoms with van der Waals surface area (Å²) in [6.45, 7) is 0.733. The van der Waals surface area contributed by atoms with Crippen molar-refractivity contribution in [3.05, 3.63) is 65.0 Å². The maximum atomic E-state index is 13.7. The summed E-state index contributed by atoms with van der Waals surface area (Å²) >= 11 is 0. The Hall–Kier alpha value is -1.87. The third-order valence-electron chi connectivity index (χ3n) is 3.76. The summed E-state index contributed by atoms with van der Waals surface area (Å²) in [6, 6.07) is 12.6. The van der Waals surface area contributed by atoms with Gasteiger partial charge >= 0.3 is 0 Å². The Morgan fingerprint density at radius 2 is 2.00 bits per heavy atom. The van der Waals surface area contributed by atoms with Gasteiger partial charge in [-0.05, 0) is 36.5 Å². The molecule has 0 saturated carbocycles. The summed E-state index contributed by atoms with van der Waals surface area (Å²) in [5.74, 6) is 0.705. The monoisotopic (exact) mass is 271 g/mol. The zero-order valence-electron chi connectivity index (χ0n) is 11.3. The molecule has 0 saturated heterocycles. The van der Waals surface area contributed by atoms with Crippen molar-refractivity contribution >= 4 is 0 Å². The minimum Gasteiger partial charge on any atom is -0.493 e. The van der Waals surface area contributed by atoms with Gasteiger partial charge in [0.1, 0.15) is 11.6 Å². The fraction of sp³-hybridized carbons (Fsp3) is 0.294. The second-order valence-electron chi connectivity index (χ2n) is 5.19. The Labute approximate surface area is 118 Å². The Balaban J connectivity index is 1.88. The van der Waals surface area contributed by atoms with Gasteiger partial charge in [0, 0.05) is 11.6 Å². The van der Waals surface area contributed by atoms with E-state index >= 15 is 0 Å². The normalized spacial score (nSPS) is 15.3. The van der Waals surface area contributed by atoms with E-state index in [0.29, 0.717) is 12.0 Å². The third-order valence-corrected chi connectivity index (χ3v) is 3.76. The SMILES string of the molecule is NC(Cc1ccccc1F)c1cccc2c1OCCC2. The number of fused-ring (bicyclic) bond motifs is 1. The molecule has 0 bridgehead atoms. The van der Waals surface area contributed by atoms with Crippen LogP contribution in [0.4, 0.5) is 4.39 Å². The van der Waals surface area contributed by atoms with Crippen LogP contribution in [0.3, 0.4) is 0 Å². The number of ether oxygens (including phenoxy) is 1. The molecule has 1 atom stereocenters. The predicted molar refractivity (Wildman–Crippen MR) is 77.3 cm³/mol. The van der Waals surface area contributed by atoms with Crippen molar-refractivity contribution in [2.24, 2.45) is 5.73 Å². The number of nitrogens with two attached hydrogens (primary N) is 1. The standard InChI is InChI=1S/C17H18FNO/c18-15-9-2-1-5-13(15)11-16(19)14-8-3-6-12-7-4-10-20-17(12)14/h1-3,5-6,8-9,16H,4,7,10-11,19H2. The molecular formula is C17H18FNO. The summed E-state index contributed by atoms with van der Waals surface area (Å²) in [4.78, 5) is 0. The van der Waals surface area contributed by atoms with Crippen molar-refractivity contribution in [2.75, 3.05) is 6.61 Å². The van der Waals surface area contributed by atoms with E-state index in [2.05, 4.69) is 6.07 Å². The molecule has 0 aliphatic carbocycles. The van der Waals surface area contributed by atoms with Crippen LogP contribution in [0.25, 0.3) is 0 Å². The lowest BCUT2D eigenvalue weighted by Crippen LogP contribution is -2.18. The van der Waals surface area contributed by atoms with Gasteiger partial charge in [0.25, 0.3) is 0 Å². The summed E-state index contributed by atoms with van der Waals surface area (Å²) in [5.41, 5.74) is 9.10. The first-order valence-electron chi connectivity index (χ1n) is 6.99. The number of aryl methyl sites for hydroxylation is 1. The van der Waals surface area contributed by atoms with Crippen LogP contribution in [0.1, 0.15) is 29.2 Å². The Morgan fingerprint density at radius 1 is 1.15 bits per heavy atom. The van der Waals surface area contributed by atoms with Crippen LogP contribution in [0.5, 0.6) is 5.75 Å². The van der Waals surface area contributed by atoms with Gasteiger partial charge in [0.15, 0.2) is 0 Å². The van der Waals surface area contributed by atoms with Gasteiger partial charge in [-0.15, -0.1) is 0 Å². The van der Waals surface area contributed by atoms with Crippen molar-refractivity contribution < 1.29 is 9.13 Å². The lowest BCUT2D eigenvalue weighted by atomic mass is 9.94. The van der Waals surface area contributed by atoms with Crippen LogP contribution in [0.15, 0.2) is 42.5 Å². The van der Waals surface area contributed by atoms with Crippen molar-refractivity contribution in [1.29, 1.82) is 0 Å². The number of hydrogen-bond donors (Lipinski definition) is 1. The number of para-hydroxylation sites is 1. The second-order valence-corrected chi connectivity index (χ2v) is 5.19. The fourth-order valence-corrected chi connectivity index (χ4v) is 2.72. The van der Waals surface area contributed by atoms with Crippen molar-refractivity contribution in [3.63, 3.8) is 0 Å². The van der Waals surface area contributed by atoms with Crippen LogP contribution < -0.4 is 10.5 Å². The lowest BCUT2D eigenvalue weighted by molar-refractivity contribution is 0.283. The number of halogens is 1. The molecule has 0 aromatic heterocycles. The predicted octanol–water partition coefficient (Wildman–Crippen LogP) is 3.39. The largest absolute Gasteiger partial charge is 0.493 e. The molecule has 104 valence electrons. The molecule has 2 aromatic rings. The summed E-state index contributed by atoms with van der Waals surface area (Å²) in [6.07, 6.45) is 2.54. The topological polar surface area (TPSA) is 35.2 Å². The van der Waals surface area contributed by atoms with E-state index in [1.165, 1.54) is 11.6 Å². The van der Waals surface area contributed by atoms with Crippen LogP contribution in [0.2, 0.25) is 0 Å². The zero-order valence-corrected chi connectivity index (χ0v) is 11.3. The van der Waals surface area contributed by atoms with Crippen molar-refractivity contribution in [1.82, 2.24) is 0 Å². The van der Waals surface area contributed by atoms with Crippen molar-refractivity contribution in [3.8, 4) is 5.75 Å². The first-order chi connectivity index (χ1) is 9.75. The molecule has 3 rings (SSSR count). The quantitative estimate of drug-likeness (QED) is 0.928. The first-order valence-corrected chi connectivity index (χ1v) is 6.99. The van der Waals surface area contributed by atoms with E-state index in [1.807, 2.05) is 18.2 Å². The molecule has 0 spiro atoms. The maximum absolute atomic E-state index is 13.7. The summed E-state index contributed by atoms with van der Waals surface area (Å²) < 4.78 is 19.5. The van der Waals surface area contributed by atoms with Gasteiger partial charge in [0.05, 0.1) is 6.61 Å². The Kier molecular flexibility index (Phi) is 3.70. The maximum Gasteiger partial charge on any atom is 0.127 e. The fourth-order valence-electron chi connectivity index (χ4n) is 2.72. The van der Waals surface area contributed by atoms with Gasteiger partial charge < -0.3 is 10.5 Å². The Bertz CT molecular complexity index is 612. The zero-order chi connectivity index (χ0) is 13.9. The van der Waals surface area contributed by atoms with Gasteiger partial charge in [-0.2, -0.15) is 0 Å².